The molecule has 0 N–H and O–H groups in total. The van der Waals surface area contributed by atoms with Crippen LogP contribution in [0.25, 0.3) is 0 Å². The molecule has 2 fully saturated rings. The fourth-order valence-corrected chi connectivity index (χ4v) is 4.32. The number of rotatable bonds is 5. The molecule has 2 saturated heterocycles. The van der Waals surface area contributed by atoms with Gasteiger partial charge in [0.25, 0.3) is 0 Å². The second-order valence-corrected chi connectivity index (χ2v) is 8.28. The number of carbonyl (C=O) groups excluding carboxylic acids is 2. The Labute approximate surface area is 176 Å². The third-order valence-electron chi connectivity index (χ3n) is 5.96. The van der Waals surface area contributed by atoms with Gasteiger partial charge in [-0.3, -0.25) is 9.59 Å². The van der Waals surface area contributed by atoms with Gasteiger partial charge in [-0.15, -0.1) is 0 Å². The van der Waals surface area contributed by atoms with Crippen molar-refractivity contribution in [2.45, 2.75) is 50.9 Å². The number of halogens is 1. The van der Waals surface area contributed by atoms with Crippen molar-refractivity contribution in [3.05, 3.63) is 53.5 Å². The number of piperidine rings is 1. The van der Waals surface area contributed by atoms with Gasteiger partial charge in [0.05, 0.1) is 18.7 Å². The standard InChI is InChI=1S/C23H28FN3O3/c24-19-8-4-6-17(12-19)13-20-14-25-23(30-20)18-7-5-11-26(15-18)22(29)16-27-10-3-1-2-9-21(27)28/h4,6,8,12,14,18H,1-3,5,7,9-11,13,15-16H2. The number of carbonyl (C=O) groups is 2. The Morgan fingerprint density at radius 1 is 1.20 bits per heavy atom. The molecule has 30 heavy (non-hydrogen) atoms. The number of benzene rings is 1. The van der Waals surface area contributed by atoms with Crippen LogP contribution in [0.4, 0.5) is 4.39 Å². The summed E-state index contributed by atoms with van der Waals surface area (Å²) in [6.07, 6.45) is 7.43. The van der Waals surface area contributed by atoms with Crippen LogP contribution in [0.1, 0.15) is 61.7 Å². The van der Waals surface area contributed by atoms with E-state index in [1.165, 1.54) is 12.1 Å². The van der Waals surface area contributed by atoms with Crippen LogP contribution in [0.2, 0.25) is 0 Å². The zero-order chi connectivity index (χ0) is 20.9. The zero-order valence-corrected chi connectivity index (χ0v) is 17.2. The van der Waals surface area contributed by atoms with Crippen LogP contribution in [0, 0.1) is 5.82 Å². The summed E-state index contributed by atoms with van der Waals surface area (Å²) in [6, 6.07) is 6.45. The van der Waals surface area contributed by atoms with Gasteiger partial charge in [-0.1, -0.05) is 18.6 Å². The molecule has 2 aliphatic heterocycles. The minimum Gasteiger partial charge on any atom is -0.445 e. The molecule has 3 heterocycles. The molecule has 0 aliphatic carbocycles. The van der Waals surface area contributed by atoms with E-state index < -0.39 is 0 Å². The Hall–Kier alpha value is -2.70. The summed E-state index contributed by atoms with van der Waals surface area (Å²) in [7, 11) is 0. The van der Waals surface area contributed by atoms with Gasteiger partial charge in [0.2, 0.25) is 11.8 Å². The molecule has 4 rings (SSSR count). The van der Waals surface area contributed by atoms with Gasteiger partial charge in [-0.2, -0.15) is 0 Å². The maximum atomic E-state index is 13.4. The van der Waals surface area contributed by atoms with Gasteiger partial charge in [0.15, 0.2) is 5.89 Å². The number of hydrogen-bond donors (Lipinski definition) is 0. The van der Waals surface area contributed by atoms with Gasteiger partial charge in [0, 0.05) is 32.5 Å². The molecule has 2 aliphatic rings. The van der Waals surface area contributed by atoms with Crippen molar-refractivity contribution in [1.82, 2.24) is 14.8 Å². The molecule has 1 aromatic heterocycles. The average molecular weight is 413 g/mol. The first-order valence-corrected chi connectivity index (χ1v) is 10.8. The monoisotopic (exact) mass is 413 g/mol. The Balaban J connectivity index is 1.36. The average Bonchev–Trinajstić information content (AvgIpc) is 3.11. The number of oxazole rings is 1. The number of hydrogen-bond acceptors (Lipinski definition) is 4. The first kappa shape index (κ1) is 20.6. The topological polar surface area (TPSA) is 66.7 Å². The molecule has 1 unspecified atom stereocenters. The highest BCUT2D eigenvalue weighted by Gasteiger charge is 2.29. The third-order valence-corrected chi connectivity index (χ3v) is 5.96. The van der Waals surface area contributed by atoms with E-state index in [0.717, 1.165) is 37.7 Å². The van der Waals surface area contributed by atoms with Gasteiger partial charge in [0.1, 0.15) is 11.6 Å². The van der Waals surface area contributed by atoms with Crippen LogP contribution in [0.5, 0.6) is 0 Å². The minimum atomic E-state index is -0.267. The van der Waals surface area contributed by atoms with Crippen molar-refractivity contribution in [2.24, 2.45) is 0 Å². The summed E-state index contributed by atoms with van der Waals surface area (Å²) in [4.78, 5) is 33.0. The van der Waals surface area contributed by atoms with Crippen LogP contribution >= 0.6 is 0 Å². The SMILES string of the molecule is O=C1CCCCCN1CC(=O)N1CCCC(c2ncc(Cc3cccc(F)c3)o2)C1. The molecule has 2 amide bonds. The summed E-state index contributed by atoms with van der Waals surface area (Å²) in [5.41, 5.74) is 0.834. The normalized spacial score (nSPS) is 20.3. The zero-order valence-electron chi connectivity index (χ0n) is 17.2. The molecule has 0 saturated carbocycles. The molecule has 0 spiro atoms. The van der Waals surface area contributed by atoms with Crippen molar-refractivity contribution in [3.63, 3.8) is 0 Å². The molecular formula is C23H28FN3O3. The van der Waals surface area contributed by atoms with Crippen LogP contribution < -0.4 is 0 Å². The fraction of sp³-hybridized carbons (Fsp3) is 0.522. The quantitative estimate of drug-likeness (QED) is 0.752. The van der Waals surface area contributed by atoms with E-state index in [-0.39, 0.29) is 30.1 Å². The molecule has 2 aromatic rings. The number of likely N-dealkylation sites (tertiary alicyclic amines) is 2. The van der Waals surface area contributed by atoms with E-state index in [1.807, 2.05) is 11.0 Å². The first-order valence-electron chi connectivity index (χ1n) is 10.8. The molecule has 0 radical (unpaired) electrons. The lowest BCUT2D eigenvalue weighted by Gasteiger charge is -2.33. The van der Waals surface area contributed by atoms with Crippen molar-refractivity contribution in [2.75, 3.05) is 26.2 Å². The molecule has 160 valence electrons. The lowest BCUT2D eigenvalue weighted by atomic mass is 9.98. The number of amides is 2. The summed E-state index contributed by atoms with van der Waals surface area (Å²) < 4.78 is 19.3. The highest BCUT2D eigenvalue weighted by atomic mass is 19.1. The van der Waals surface area contributed by atoms with Crippen LogP contribution in [0.15, 0.2) is 34.9 Å². The van der Waals surface area contributed by atoms with Crippen molar-refractivity contribution in [1.29, 1.82) is 0 Å². The molecule has 6 nitrogen and oxygen atoms in total. The summed E-state index contributed by atoms with van der Waals surface area (Å²) in [5.74, 6) is 1.19. The van der Waals surface area contributed by atoms with E-state index in [1.54, 1.807) is 17.2 Å². The van der Waals surface area contributed by atoms with Crippen LogP contribution in [0.3, 0.4) is 0 Å². The van der Waals surface area contributed by atoms with E-state index in [4.69, 9.17) is 4.42 Å². The minimum absolute atomic E-state index is 0.00138. The van der Waals surface area contributed by atoms with E-state index in [9.17, 15) is 14.0 Å². The Kier molecular flexibility index (Phi) is 6.45. The molecule has 7 heteroatoms. The highest BCUT2D eigenvalue weighted by molar-refractivity contribution is 5.85. The second kappa shape index (κ2) is 9.41. The Bertz CT molecular complexity index is 897. The second-order valence-electron chi connectivity index (χ2n) is 8.28. The summed E-state index contributed by atoms with van der Waals surface area (Å²) >= 11 is 0. The van der Waals surface area contributed by atoms with E-state index >= 15 is 0 Å². The lowest BCUT2D eigenvalue weighted by molar-refractivity contribution is -0.141. The Morgan fingerprint density at radius 2 is 2.10 bits per heavy atom. The molecule has 0 bridgehead atoms. The van der Waals surface area contributed by atoms with E-state index in [0.29, 0.717) is 44.1 Å². The molecular weight excluding hydrogens is 385 g/mol. The first-order chi connectivity index (χ1) is 14.6. The van der Waals surface area contributed by atoms with Crippen molar-refractivity contribution < 1.29 is 18.4 Å². The van der Waals surface area contributed by atoms with Crippen molar-refractivity contribution >= 4 is 11.8 Å². The predicted octanol–water partition coefficient (Wildman–Crippen LogP) is 3.51. The number of nitrogens with zero attached hydrogens (tertiary/aromatic N) is 3. The fourth-order valence-electron chi connectivity index (χ4n) is 4.32. The van der Waals surface area contributed by atoms with Gasteiger partial charge < -0.3 is 14.2 Å². The van der Waals surface area contributed by atoms with Gasteiger partial charge >= 0.3 is 0 Å². The number of aromatic nitrogens is 1. The lowest BCUT2D eigenvalue weighted by Crippen LogP contribution is -2.46. The van der Waals surface area contributed by atoms with Crippen LogP contribution in [-0.2, 0) is 16.0 Å². The maximum Gasteiger partial charge on any atom is 0.242 e. The largest absolute Gasteiger partial charge is 0.445 e. The summed E-state index contributed by atoms with van der Waals surface area (Å²) in [5, 5.41) is 0. The smallest absolute Gasteiger partial charge is 0.242 e. The predicted molar refractivity (Wildman–Crippen MR) is 109 cm³/mol. The van der Waals surface area contributed by atoms with Crippen molar-refractivity contribution in [3.8, 4) is 0 Å². The summed E-state index contributed by atoms with van der Waals surface area (Å²) in [6.45, 7) is 2.10. The van der Waals surface area contributed by atoms with Gasteiger partial charge in [-0.25, -0.2) is 9.37 Å². The third kappa shape index (κ3) is 5.07. The molecule has 1 aromatic carbocycles. The molecule has 1 atom stereocenters. The van der Waals surface area contributed by atoms with Crippen LogP contribution in [-0.4, -0.2) is 52.8 Å². The van der Waals surface area contributed by atoms with Gasteiger partial charge in [-0.05, 0) is 43.4 Å². The van der Waals surface area contributed by atoms with E-state index in [2.05, 4.69) is 4.98 Å². The highest BCUT2D eigenvalue weighted by Crippen LogP contribution is 2.27. The maximum absolute atomic E-state index is 13.4. The Morgan fingerprint density at radius 3 is 2.97 bits per heavy atom.